The molecule has 1 heterocycles. The lowest BCUT2D eigenvalue weighted by molar-refractivity contribution is -0.184. The van der Waals surface area contributed by atoms with Gasteiger partial charge in [0.25, 0.3) is 0 Å². The highest BCUT2D eigenvalue weighted by molar-refractivity contribution is 5.85. The van der Waals surface area contributed by atoms with Crippen molar-refractivity contribution >= 4 is 18.3 Å². The summed E-state index contributed by atoms with van der Waals surface area (Å²) in [5.41, 5.74) is 0. The molecule has 0 aromatic heterocycles. The number of hydrogen-bond acceptors (Lipinski definition) is 3. The van der Waals surface area contributed by atoms with Crippen LogP contribution < -0.4 is 10.6 Å². The van der Waals surface area contributed by atoms with E-state index >= 15 is 0 Å². The van der Waals surface area contributed by atoms with Crippen molar-refractivity contribution < 1.29 is 18.0 Å². The Kier molecular flexibility index (Phi) is 8.46. The Morgan fingerprint density at radius 2 is 1.90 bits per heavy atom. The molecule has 0 spiro atoms. The summed E-state index contributed by atoms with van der Waals surface area (Å²) in [5, 5.41) is 5.43. The maximum Gasteiger partial charge on any atom is 0.405 e. The maximum absolute atomic E-state index is 13.0. The molecule has 1 amide bonds. The molecule has 0 saturated carbocycles. The monoisotopic (exact) mass is 317 g/mol. The predicted octanol–water partition coefficient (Wildman–Crippen LogP) is 1.41. The summed E-state index contributed by atoms with van der Waals surface area (Å²) < 4.78 is 39.1. The topological polar surface area (TPSA) is 44.4 Å². The Labute approximate surface area is 123 Å². The average Bonchev–Trinajstić information content (AvgIpc) is 2.37. The fraction of sp³-hybridized carbons (Fsp3) is 0.917. The first kappa shape index (κ1) is 19.5. The Bertz CT molecular complexity index is 296. The van der Waals surface area contributed by atoms with Crippen molar-refractivity contribution in [2.24, 2.45) is 5.92 Å². The van der Waals surface area contributed by atoms with Crippen molar-refractivity contribution in [1.29, 1.82) is 0 Å². The van der Waals surface area contributed by atoms with Crippen molar-refractivity contribution in [2.75, 3.05) is 32.7 Å². The first-order valence-corrected chi connectivity index (χ1v) is 6.65. The number of nitrogens with zero attached hydrogens (tertiary/aromatic N) is 1. The van der Waals surface area contributed by atoms with Gasteiger partial charge in [-0.1, -0.05) is 13.8 Å². The minimum Gasteiger partial charge on any atom is -0.354 e. The molecule has 2 atom stereocenters. The Morgan fingerprint density at radius 3 is 2.35 bits per heavy atom. The van der Waals surface area contributed by atoms with E-state index in [4.69, 9.17) is 0 Å². The van der Waals surface area contributed by atoms with Gasteiger partial charge in [-0.3, -0.25) is 9.69 Å². The SMILES string of the molecule is CCC(C)C(=O)NCC(N1CCNCC1)C(F)(F)F.Cl. The summed E-state index contributed by atoms with van der Waals surface area (Å²) in [7, 11) is 0. The molecule has 0 radical (unpaired) electrons. The molecule has 0 aliphatic carbocycles. The first-order chi connectivity index (χ1) is 8.86. The molecule has 2 N–H and O–H groups in total. The highest BCUT2D eigenvalue weighted by Gasteiger charge is 2.43. The van der Waals surface area contributed by atoms with Crippen molar-refractivity contribution in [3.05, 3.63) is 0 Å². The smallest absolute Gasteiger partial charge is 0.354 e. The molecule has 20 heavy (non-hydrogen) atoms. The molecular formula is C12H23ClF3N3O. The molecule has 0 aromatic carbocycles. The molecule has 0 aromatic rings. The molecular weight excluding hydrogens is 295 g/mol. The van der Waals surface area contributed by atoms with E-state index < -0.39 is 12.2 Å². The lowest BCUT2D eigenvalue weighted by atomic mass is 10.1. The quantitative estimate of drug-likeness (QED) is 0.806. The van der Waals surface area contributed by atoms with E-state index in [0.717, 1.165) is 0 Å². The molecule has 1 aliphatic rings. The van der Waals surface area contributed by atoms with Crippen LogP contribution in [0.3, 0.4) is 0 Å². The van der Waals surface area contributed by atoms with Crippen LogP contribution in [0.15, 0.2) is 0 Å². The third-order valence-electron chi connectivity index (χ3n) is 3.50. The van der Waals surface area contributed by atoms with E-state index in [1.165, 1.54) is 4.90 Å². The summed E-state index contributed by atoms with van der Waals surface area (Å²) >= 11 is 0. The lowest BCUT2D eigenvalue weighted by Crippen LogP contribution is -2.57. The number of amides is 1. The van der Waals surface area contributed by atoms with Gasteiger partial charge in [0.05, 0.1) is 0 Å². The van der Waals surface area contributed by atoms with Crippen molar-refractivity contribution in [3.8, 4) is 0 Å². The van der Waals surface area contributed by atoms with Gasteiger partial charge in [-0.2, -0.15) is 13.2 Å². The molecule has 8 heteroatoms. The number of hydrogen-bond donors (Lipinski definition) is 2. The number of nitrogens with one attached hydrogen (secondary N) is 2. The van der Waals surface area contributed by atoms with Crippen molar-refractivity contribution in [3.63, 3.8) is 0 Å². The number of alkyl halides is 3. The van der Waals surface area contributed by atoms with Crippen LogP contribution in [0.2, 0.25) is 0 Å². The molecule has 1 rings (SSSR count). The minimum atomic E-state index is -4.32. The summed E-state index contributed by atoms with van der Waals surface area (Å²) in [6.45, 7) is 4.97. The summed E-state index contributed by atoms with van der Waals surface area (Å²) in [4.78, 5) is 13.0. The number of rotatable bonds is 5. The molecule has 4 nitrogen and oxygen atoms in total. The molecule has 1 saturated heterocycles. The van der Waals surface area contributed by atoms with Gasteiger partial charge >= 0.3 is 6.18 Å². The highest BCUT2D eigenvalue weighted by atomic mass is 35.5. The van der Waals surface area contributed by atoms with Gasteiger partial charge in [0.1, 0.15) is 6.04 Å². The second kappa shape index (κ2) is 8.69. The highest BCUT2D eigenvalue weighted by Crippen LogP contribution is 2.24. The first-order valence-electron chi connectivity index (χ1n) is 6.65. The molecule has 120 valence electrons. The van der Waals surface area contributed by atoms with Gasteiger partial charge < -0.3 is 10.6 Å². The largest absolute Gasteiger partial charge is 0.405 e. The zero-order valence-electron chi connectivity index (χ0n) is 11.8. The predicted molar refractivity (Wildman–Crippen MR) is 74.0 cm³/mol. The van der Waals surface area contributed by atoms with E-state index in [-0.39, 0.29) is 30.8 Å². The number of carbonyl (C=O) groups is 1. The van der Waals surface area contributed by atoms with Gasteiger partial charge in [-0.05, 0) is 6.42 Å². The van der Waals surface area contributed by atoms with Crippen LogP contribution in [0.25, 0.3) is 0 Å². The average molecular weight is 318 g/mol. The number of piperazine rings is 1. The second-order valence-electron chi connectivity index (χ2n) is 4.90. The van der Waals surface area contributed by atoms with E-state index in [2.05, 4.69) is 10.6 Å². The molecule has 1 fully saturated rings. The van der Waals surface area contributed by atoms with Gasteiger partial charge in [-0.25, -0.2) is 0 Å². The van der Waals surface area contributed by atoms with Gasteiger partial charge in [-0.15, -0.1) is 12.4 Å². The van der Waals surface area contributed by atoms with Crippen molar-refractivity contribution in [1.82, 2.24) is 15.5 Å². The number of halogens is 4. The zero-order valence-corrected chi connectivity index (χ0v) is 12.6. The van der Waals surface area contributed by atoms with Gasteiger partial charge in [0, 0.05) is 38.6 Å². The zero-order chi connectivity index (χ0) is 14.5. The van der Waals surface area contributed by atoms with Crippen molar-refractivity contribution in [2.45, 2.75) is 32.5 Å². The third kappa shape index (κ3) is 5.85. The normalized spacial score (nSPS) is 19.9. The molecule has 1 aliphatic heterocycles. The van der Waals surface area contributed by atoms with Crippen LogP contribution in [-0.4, -0.2) is 55.7 Å². The van der Waals surface area contributed by atoms with Crippen LogP contribution in [0.5, 0.6) is 0 Å². The minimum absolute atomic E-state index is 0. The van der Waals surface area contributed by atoms with Crippen LogP contribution in [0.1, 0.15) is 20.3 Å². The standard InChI is InChI=1S/C12H22F3N3O.ClH/c1-3-9(2)11(19)17-8-10(12(13,14)15)18-6-4-16-5-7-18;/h9-10,16H,3-8H2,1-2H3,(H,17,19);1H. The number of carbonyl (C=O) groups excluding carboxylic acids is 1. The van der Waals surface area contributed by atoms with Crippen LogP contribution in [0, 0.1) is 5.92 Å². The van der Waals surface area contributed by atoms with Crippen LogP contribution in [-0.2, 0) is 4.79 Å². The summed E-state index contributed by atoms with van der Waals surface area (Å²) in [5.74, 6) is -0.566. The summed E-state index contributed by atoms with van der Waals surface area (Å²) in [6.07, 6.45) is -3.70. The third-order valence-corrected chi connectivity index (χ3v) is 3.50. The fourth-order valence-corrected chi connectivity index (χ4v) is 2.00. The fourth-order valence-electron chi connectivity index (χ4n) is 2.00. The lowest BCUT2D eigenvalue weighted by Gasteiger charge is -2.36. The molecule has 2 unspecified atom stereocenters. The van der Waals surface area contributed by atoms with E-state index in [1.54, 1.807) is 6.92 Å². The van der Waals surface area contributed by atoms with Gasteiger partial charge in [0.15, 0.2) is 0 Å². The van der Waals surface area contributed by atoms with Crippen LogP contribution >= 0.6 is 12.4 Å². The maximum atomic E-state index is 13.0. The second-order valence-corrected chi connectivity index (χ2v) is 4.90. The van der Waals surface area contributed by atoms with Gasteiger partial charge in [0.2, 0.25) is 5.91 Å². The summed E-state index contributed by atoms with van der Waals surface area (Å²) in [6, 6.07) is -1.59. The Hall–Kier alpha value is -0.530. The molecule has 0 bridgehead atoms. The van der Waals surface area contributed by atoms with E-state index in [9.17, 15) is 18.0 Å². The van der Waals surface area contributed by atoms with E-state index in [0.29, 0.717) is 32.6 Å². The van der Waals surface area contributed by atoms with E-state index in [1.807, 2.05) is 6.92 Å². The Morgan fingerprint density at radius 1 is 1.35 bits per heavy atom. The Balaban J connectivity index is 0.00000361. The van der Waals surface area contributed by atoms with Crippen LogP contribution in [0.4, 0.5) is 13.2 Å².